The highest BCUT2D eigenvalue weighted by Crippen LogP contribution is 2.41. The van der Waals surface area contributed by atoms with Crippen molar-refractivity contribution in [3.63, 3.8) is 0 Å². The van der Waals surface area contributed by atoms with Crippen LogP contribution >= 0.6 is 0 Å². The zero-order valence-corrected chi connectivity index (χ0v) is 23.2. The van der Waals surface area contributed by atoms with Crippen LogP contribution in [-0.4, -0.2) is 43.8 Å². The first-order valence-corrected chi connectivity index (χ1v) is 13.7. The molecule has 0 aliphatic carbocycles. The predicted octanol–water partition coefficient (Wildman–Crippen LogP) is 6.57. The molecule has 0 spiro atoms. The third kappa shape index (κ3) is 5.90. The molecule has 38 heavy (non-hydrogen) atoms. The van der Waals surface area contributed by atoms with Gasteiger partial charge in [-0.2, -0.15) is 0 Å². The Hall–Kier alpha value is -3.67. The number of rotatable bonds is 11. The molecule has 0 fully saturated rings. The van der Waals surface area contributed by atoms with Crippen LogP contribution in [0.3, 0.4) is 0 Å². The second kappa shape index (κ2) is 12.7. The van der Waals surface area contributed by atoms with Gasteiger partial charge in [0.15, 0.2) is 23.0 Å². The number of hydrogen-bond donors (Lipinski definition) is 0. The molecule has 0 N–H and O–H groups in total. The van der Waals surface area contributed by atoms with Gasteiger partial charge in [0, 0.05) is 12.1 Å². The highest BCUT2D eigenvalue weighted by molar-refractivity contribution is 5.96. The molecule has 4 rings (SSSR count). The second-order valence-electron chi connectivity index (χ2n) is 9.29. The molecule has 6 heteroatoms. The molecule has 6 nitrogen and oxygen atoms in total. The van der Waals surface area contributed by atoms with E-state index in [1.807, 2.05) is 75.9 Å². The number of fused-ring (bicyclic) bond motifs is 1. The molecule has 3 aromatic carbocycles. The monoisotopic (exact) mass is 517 g/mol. The van der Waals surface area contributed by atoms with Crippen molar-refractivity contribution in [2.24, 2.45) is 0 Å². The van der Waals surface area contributed by atoms with Gasteiger partial charge in [-0.1, -0.05) is 24.3 Å². The van der Waals surface area contributed by atoms with Crippen molar-refractivity contribution >= 4 is 5.91 Å². The third-order valence-electron chi connectivity index (χ3n) is 6.84. The SMILES string of the molecule is CCOc1ccc(C[C@@H]2c3cc(OCC)c(OCC)cc3CCN2C(=O)c2ccccc2C)cc1OCC. The van der Waals surface area contributed by atoms with E-state index in [0.717, 1.165) is 45.9 Å². The standard InChI is InChI=1S/C32H39NO5/c1-6-35-28-15-14-23(19-29(28)36-7-2)18-27-26-21-31(38-9-4)30(37-8-3)20-24(26)16-17-33(27)32(34)25-13-11-10-12-22(25)5/h10-15,19-21,27H,6-9,16-18H2,1-5H3/t27-/m1/s1. The van der Waals surface area contributed by atoms with Crippen LogP contribution in [-0.2, 0) is 12.8 Å². The molecule has 1 aliphatic rings. The molecule has 1 aliphatic heterocycles. The summed E-state index contributed by atoms with van der Waals surface area (Å²) in [7, 11) is 0. The molecule has 1 heterocycles. The van der Waals surface area contributed by atoms with Gasteiger partial charge in [-0.05, 0) is 100 Å². The predicted molar refractivity (Wildman–Crippen MR) is 150 cm³/mol. The summed E-state index contributed by atoms with van der Waals surface area (Å²) >= 11 is 0. The van der Waals surface area contributed by atoms with Gasteiger partial charge in [0.25, 0.3) is 5.91 Å². The molecule has 1 amide bonds. The quantitative estimate of drug-likeness (QED) is 0.288. The van der Waals surface area contributed by atoms with Gasteiger partial charge < -0.3 is 23.8 Å². The zero-order chi connectivity index (χ0) is 27.1. The first-order chi connectivity index (χ1) is 18.5. The summed E-state index contributed by atoms with van der Waals surface area (Å²) in [6, 6.07) is 17.9. The largest absolute Gasteiger partial charge is 0.490 e. The van der Waals surface area contributed by atoms with Gasteiger partial charge in [-0.15, -0.1) is 0 Å². The molecule has 0 saturated heterocycles. The third-order valence-corrected chi connectivity index (χ3v) is 6.84. The van der Waals surface area contributed by atoms with E-state index in [-0.39, 0.29) is 11.9 Å². The maximum Gasteiger partial charge on any atom is 0.254 e. The molecule has 0 unspecified atom stereocenters. The van der Waals surface area contributed by atoms with Gasteiger partial charge >= 0.3 is 0 Å². The summed E-state index contributed by atoms with van der Waals surface area (Å²) < 4.78 is 23.6. The molecular weight excluding hydrogens is 478 g/mol. The number of hydrogen-bond acceptors (Lipinski definition) is 5. The van der Waals surface area contributed by atoms with E-state index in [4.69, 9.17) is 18.9 Å². The Kier molecular flexibility index (Phi) is 9.16. The van der Waals surface area contributed by atoms with Gasteiger partial charge in [0.1, 0.15) is 0 Å². The smallest absolute Gasteiger partial charge is 0.254 e. The normalized spacial score (nSPS) is 14.6. The molecule has 0 saturated carbocycles. The van der Waals surface area contributed by atoms with E-state index in [9.17, 15) is 4.79 Å². The number of benzene rings is 3. The van der Waals surface area contributed by atoms with E-state index in [1.54, 1.807) is 0 Å². The van der Waals surface area contributed by atoms with E-state index in [1.165, 1.54) is 5.56 Å². The Morgan fingerprint density at radius 1 is 0.789 bits per heavy atom. The lowest BCUT2D eigenvalue weighted by Gasteiger charge is -2.38. The maximum absolute atomic E-state index is 13.9. The minimum atomic E-state index is -0.173. The Balaban J connectivity index is 1.79. The number of nitrogens with zero attached hydrogens (tertiary/aromatic N) is 1. The molecule has 202 valence electrons. The molecule has 1 atom stereocenters. The van der Waals surface area contributed by atoms with Gasteiger partial charge in [-0.3, -0.25) is 4.79 Å². The lowest BCUT2D eigenvalue weighted by Crippen LogP contribution is -2.41. The lowest BCUT2D eigenvalue weighted by atomic mass is 9.87. The highest BCUT2D eigenvalue weighted by atomic mass is 16.5. The highest BCUT2D eigenvalue weighted by Gasteiger charge is 2.33. The lowest BCUT2D eigenvalue weighted by molar-refractivity contribution is 0.0658. The van der Waals surface area contributed by atoms with Crippen molar-refractivity contribution in [1.82, 2.24) is 4.90 Å². The van der Waals surface area contributed by atoms with E-state index in [2.05, 4.69) is 18.2 Å². The van der Waals surface area contributed by atoms with Crippen molar-refractivity contribution in [3.8, 4) is 23.0 Å². The molecule has 0 bridgehead atoms. The van der Waals surface area contributed by atoms with E-state index >= 15 is 0 Å². The first kappa shape index (κ1) is 27.4. The van der Waals surface area contributed by atoms with Gasteiger partial charge in [0.2, 0.25) is 0 Å². The van der Waals surface area contributed by atoms with Crippen LogP contribution in [0.2, 0.25) is 0 Å². The fraction of sp³-hybridized carbons (Fsp3) is 0.406. The fourth-order valence-electron chi connectivity index (χ4n) is 5.12. The van der Waals surface area contributed by atoms with Gasteiger partial charge in [-0.25, -0.2) is 0 Å². The topological polar surface area (TPSA) is 57.2 Å². The summed E-state index contributed by atoms with van der Waals surface area (Å²) in [5, 5.41) is 0. The first-order valence-electron chi connectivity index (χ1n) is 13.7. The molecule has 3 aromatic rings. The fourth-order valence-corrected chi connectivity index (χ4v) is 5.12. The van der Waals surface area contributed by atoms with Crippen LogP contribution in [0.15, 0.2) is 54.6 Å². The van der Waals surface area contributed by atoms with Crippen molar-refractivity contribution < 1.29 is 23.7 Å². The summed E-state index contributed by atoms with van der Waals surface area (Å²) in [4.78, 5) is 16.0. The van der Waals surface area contributed by atoms with Gasteiger partial charge in [0.05, 0.1) is 32.5 Å². The Bertz CT molecular complexity index is 1250. The minimum Gasteiger partial charge on any atom is -0.490 e. The van der Waals surface area contributed by atoms with Crippen LogP contribution in [0.5, 0.6) is 23.0 Å². The Morgan fingerprint density at radius 3 is 2.05 bits per heavy atom. The average Bonchev–Trinajstić information content (AvgIpc) is 2.91. The van der Waals surface area contributed by atoms with E-state index < -0.39 is 0 Å². The van der Waals surface area contributed by atoms with Crippen molar-refractivity contribution in [2.45, 2.75) is 53.5 Å². The number of carbonyl (C=O) groups is 1. The minimum absolute atomic E-state index is 0.0431. The summed E-state index contributed by atoms with van der Waals surface area (Å²) in [6.45, 7) is 12.7. The van der Waals surface area contributed by atoms with Crippen molar-refractivity contribution in [2.75, 3.05) is 33.0 Å². The number of ether oxygens (including phenoxy) is 4. The summed E-state index contributed by atoms with van der Waals surface area (Å²) in [6.07, 6.45) is 1.39. The molecule has 0 aromatic heterocycles. The summed E-state index contributed by atoms with van der Waals surface area (Å²) in [5.41, 5.74) is 5.06. The van der Waals surface area contributed by atoms with E-state index in [0.29, 0.717) is 45.1 Å². The Labute approximate surface area is 226 Å². The maximum atomic E-state index is 13.9. The number of amides is 1. The Morgan fingerprint density at radius 2 is 1.39 bits per heavy atom. The zero-order valence-electron chi connectivity index (χ0n) is 23.2. The number of carbonyl (C=O) groups excluding carboxylic acids is 1. The van der Waals surface area contributed by atoms with Crippen LogP contribution < -0.4 is 18.9 Å². The molecular formula is C32H39NO5. The number of aryl methyl sites for hydroxylation is 1. The summed E-state index contributed by atoms with van der Waals surface area (Å²) in [5.74, 6) is 2.97. The molecule has 0 radical (unpaired) electrons. The van der Waals surface area contributed by atoms with Crippen molar-refractivity contribution in [3.05, 3.63) is 82.4 Å². The van der Waals surface area contributed by atoms with Crippen molar-refractivity contribution in [1.29, 1.82) is 0 Å². The average molecular weight is 518 g/mol. The van der Waals surface area contributed by atoms with Crippen LogP contribution in [0, 0.1) is 6.92 Å². The van der Waals surface area contributed by atoms with Crippen LogP contribution in [0.25, 0.3) is 0 Å². The van der Waals surface area contributed by atoms with Crippen LogP contribution in [0.1, 0.15) is 66.3 Å². The van der Waals surface area contributed by atoms with Crippen LogP contribution in [0.4, 0.5) is 0 Å². The second-order valence-corrected chi connectivity index (χ2v) is 9.29.